The Morgan fingerprint density at radius 2 is 1.69 bits per heavy atom. The lowest BCUT2D eigenvalue weighted by Gasteiger charge is -2.39. The minimum Gasteiger partial charge on any atom is -0.484 e. The summed E-state index contributed by atoms with van der Waals surface area (Å²) in [5, 5.41) is 0.0292. The average Bonchev–Trinajstić information content (AvgIpc) is 2.72. The highest BCUT2D eigenvalue weighted by molar-refractivity contribution is 5.91. The van der Waals surface area contributed by atoms with Gasteiger partial charge in [-0.05, 0) is 37.1 Å². The van der Waals surface area contributed by atoms with Gasteiger partial charge in [-0.15, -0.1) is 0 Å². The van der Waals surface area contributed by atoms with Crippen LogP contribution in [0, 0.1) is 0 Å². The van der Waals surface area contributed by atoms with E-state index in [2.05, 4.69) is 0 Å². The van der Waals surface area contributed by atoms with E-state index < -0.39 is 35.0 Å². The summed E-state index contributed by atoms with van der Waals surface area (Å²) in [4.78, 5) is 48.1. The Kier molecular flexibility index (Phi) is 6.10. The van der Waals surface area contributed by atoms with Crippen molar-refractivity contribution in [1.29, 1.82) is 0 Å². The third-order valence-electron chi connectivity index (χ3n) is 5.56. The van der Waals surface area contributed by atoms with E-state index in [0.29, 0.717) is 17.7 Å². The van der Waals surface area contributed by atoms with E-state index in [1.807, 2.05) is 13.8 Å². The second-order valence-corrected chi connectivity index (χ2v) is 8.79. The van der Waals surface area contributed by atoms with Gasteiger partial charge in [0, 0.05) is 39.3 Å². The summed E-state index contributed by atoms with van der Waals surface area (Å²) in [6.07, 6.45) is 1.18. The van der Waals surface area contributed by atoms with Crippen molar-refractivity contribution in [3.05, 3.63) is 52.4 Å². The number of rotatable bonds is 4. The van der Waals surface area contributed by atoms with E-state index in [9.17, 15) is 19.2 Å². The molecule has 1 aromatic heterocycles. The summed E-state index contributed by atoms with van der Waals surface area (Å²) in [5.74, 6) is -1.03. The first-order valence-corrected chi connectivity index (χ1v) is 10.9. The predicted molar refractivity (Wildman–Crippen MR) is 125 cm³/mol. The Bertz CT molecular complexity index is 1410. The van der Waals surface area contributed by atoms with Crippen molar-refractivity contribution in [2.45, 2.75) is 52.7 Å². The minimum atomic E-state index is -0.721. The fraction of sp³-hybridized carbons (Fsp3) is 0.308. The van der Waals surface area contributed by atoms with Crippen molar-refractivity contribution in [3.63, 3.8) is 0 Å². The van der Waals surface area contributed by atoms with E-state index in [1.165, 1.54) is 39.2 Å². The Hall–Kier alpha value is -4.14. The molecule has 35 heavy (non-hydrogen) atoms. The minimum absolute atomic E-state index is 0.0292. The molecule has 0 amide bonds. The molecule has 1 aliphatic heterocycles. The summed E-state index contributed by atoms with van der Waals surface area (Å²) < 4.78 is 27.5. The zero-order valence-electron chi connectivity index (χ0n) is 19.9. The van der Waals surface area contributed by atoms with Gasteiger partial charge in [0.05, 0.1) is 5.56 Å². The van der Waals surface area contributed by atoms with Crippen LogP contribution in [0.4, 0.5) is 0 Å². The van der Waals surface area contributed by atoms with E-state index in [1.54, 1.807) is 18.2 Å². The number of benzene rings is 2. The highest BCUT2D eigenvalue weighted by Gasteiger charge is 2.39. The number of carbonyl (C=O) groups is 3. The summed E-state index contributed by atoms with van der Waals surface area (Å²) in [6.45, 7) is 7.45. The monoisotopic (exact) mass is 480 g/mol. The van der Waals surface area contributed by atoms with Crippen molar-refractivity contribution < 1.29 is 37.7 Å². The van der Waals surface area contributed by atoms with E-state index in [4.69, 9.17) is 23.4 Å². The molecule has 9 heteroatoms. The lowest BCUT2D eigenvalue weighted by molar-refractivity contribution is -0.158. The molecule has 0 unspecified atom stereocenters. The molecule has 9 nitrogen and oxygen atoms in total. The molecule has 0 fully saturated rings. The Balaban J connectivity index is 1.82. The van der Waals surface area contributed by atoms with Crippen LogP contribution in [0.2, 0.25) is 0 Å². The molecule has 1 atom stereocenters. The Morgan fingerprint density at radius 3 is 2.34 bits per heavy atom. The molecule has 182 valence electrons. The van der Waals surface area contributed by atoms with Gasteiger partial charge in [0.25, 0.3) is 0 Å². The lowest BCUT2D eigenvalue weighted by atomic mass is 9.89. The van der Waals surface area contributed by atoms with Crippen molar-refractivity contribution in [1.82, 2.24) is 0 Å². The van der Waals surface area contributed by atoms with Gasteiger partial charge in [0.2, 0.25) is 5.43 Å². The molecular formula is C26H24O9. The van der Waals surface area contributed by atoms with Crippen LogP contribution in [0.1, 0.15) is 40.2 Å². The normalized spacial score (nSPS) is 16.1. The first-order chi connectivity index (χ1) is 16.4. The quantitative estimate of drug-likeness (QED) is 0.404. The third kappa shape index (κ3) is 4.89. The van der Waals surface area contributed by atoms with Gasteiger partial charge < -0.3 is 23.4 Å². The number of ether oxygens (including phenoxy) is 4. The zero-order chi connectivity index (χ0) is 25.5. The maximum absolute atomic E-state index is 13.5. The highest BCUT2D eigenvalue weighted by Crippen LogP contribution is 2.38. The molecule has 0 aliphatic carbocycles. The van der Waals surface area contributed by atoms with Crippen molar-refractivity contribution >= 4 is 28.9 Å². The van der Waals surface area contributed by atoms with Crippen LogP contribution in [0.15, 0.2) is 45.8 Å². The standard InChI is InChI=1S/C26H24O9/c1-13(27)32-18-10-21-24(22(11-18)33-14(2)28)25(30)19(12-31-21)16-6-7-20-17(8-16)9-23(34-15(3)29)26(4,5)35-20/h6-8,10-12,23H,9H2,1-5H3/t23-/m0/s1. The van der Waals surface area contributed by atoms with E-state index >= 15 is 0 Å². The smallest absolute Gasteiger partial charge is 0.308 e. The van der Waals surface area contributed by atoms with Gasteiger partial charge in [0.15, 0.2) is 0 Å². The second kappa shape index (κ2) is 8.90. The summed E-state index contributed by atoms with van der Waals surface area (Å²) >= 11 is 0. The topological polar surface area (TPSA) is 118 Å². The maximum Gasteiger partial charge on any atom is 0.308 e. The molecule has 1 aliphatic rings. The first-order valence-electron chi connectivity index (χ1n) is 10.9. The van der Waals surface area contributed by atoms with E-state index in [0.717, 1.165) is 5.56 Å². The highest BCUT2D eigenvalue weighted by atomic mass is 16.6. The second-order valence-electron chi connectivity index (χ2n) is 8.79. The fourth-order valence-corrected chi connectivity index (χ4v) is 4.04. The van der Waals surface area contributed by atoms with Gasteiger partial charge in [-0.3, -0.25) is 19.2 Å². The summed E-state index contributed by atoms with van der Waals surface area (Å²) in [7, 11) is 0. The van der Waals surface area contributed by atoms with Gasteiger partial charge in [0.1, 0.15) is 46.2 Å². The van der Waals surface area contributed by atoms with Crippen molar-refractivity contribution in [2.75, 3.05) is 0 Å². The van der Waals surface area contributed by atoms with Crippen molar-refractivity contribution in [3.8, 4) is 28.4 Å². The molecule has 2 aromatic carbocycles. The number of hydrogen-bond donors (Lipinski definition) is 0. The third-order valence-corrected chi connectivity index (χ3v) is 5.56. The van der Waals surface area contributed by atoms with Crippen LogP contribution in [0.25, 0.3) is 22.1 Å². The van der Waals surface area contributed by atoms with Crippen LogP contribution in [-0.4, -0.2) is 29.6 Å². The number of carbonyl (C=O) groups excluding carboxylic acids is 3. The van der Waals surface area contributed by atoms with Gasteiger partial charge in [-0.1, -0.05) is 6.07 Å². The largest absolute Gasteiger partial charge is 0.484 e. The van der Waals surface area contributed by atoms with Gasteiger partial charge >= 0.3 is 17.9 Å². The predicted octanol–water partition coefficient (Wildman–Crippen LogP) is 3.96. The fourth-order valence-electron chi connectivity index (χ4n) is 4.04. The first kappa shape index (κ1) is 24.0. The summed E-state index contributed by atoms with van der Waals surface area (Å²) in [6, 6.07) is 7.91. The Labute approximate surface area is 200 Å². The molecule has 0 bridgehead atoms. The lowest BCUT2D eigenvalue weighted by Crippen LogP contribution is -2.48. The van der Waals surface area contributed by atoms with Crippen LogP contribution in [0.3, 0.4) is 0 Å². The van der Waals surface area contributed by atoms with Gasteiger partial charge in [-0.25, -0.2) is 0 Å². The van der Waals surface area contributed by atoms with Crippen molar-refractivity contribution in [2.24, 2.45) is 0 Å². The number of hydrogen-bond acceptors (Lipinski definition) is 9. The zero-order valence-corrected chi connectivity index (χ0v) is 19.9. The molecule has 0 saturated carbocycles. The van der Waals surface area contributed by atoms with Crippen LogP contribution in [-0.2, 0) is 25.5 Å². The van der Waals surface area contributed by atoms with Gasteiger partial charge in [-0.2, -0.15) is 0 Å². The molecular weight excluding hydrogens is 456 g/mol. The number of esters is 3. The molecule has 3 aromatic rings. The van der Waals surface area contributed by atoms with Crippen LogP contribution >= 0.6 is 0 Å². The average molecular weight is 480 g/mol. The molecule has 4 rings (SSSR count). The molecule has 0 radical (unpaired) electrons. The van der Waals surface area contributed by atoms with E-state index in [-0.39, 0.29) is 28.0 Å². The van der Waals surface area contributed by atoms with Crippen LogP contribution in [0.5, 0.6) is 17.2 Å². The Morgan fingerprint density at radius 1 is 0.971 bits per heavy atom. The molecule has 0 N–H and O–H groups in total. The number of fused-ring (bicyclic) bond motifs is 2. The van der Waals surface area contributed by atoms with Crippen LogP contribution < -0.4 is 19.6 Å². The molecule has 0 saturated heterocycles. The molecule has 2 heterocycles. The maximum atomic E-state index is 13.5. The molecule has 0 spiro atoms. The SMILES string of the molecule is CC(=O)Oc1cc(OC(C)=O)c2c(=O)c(-c3ccc4c(c3)C[C@H](OC(C)=O)C(C)(C)O4)coc2c1. The summed E-state index contributed by atoms with van der Waals surface area (Å²) in [5.41, 5.74) is 0.459.